The van der Waals surface area contributed by atoms with E-state index in [0.29, 0.717) is 6.10 Å². The van der Waals surface area contributed by atoms with Crippen LogP contribution in [0, 0.1) is 6.92 Å². The zero-order chi connectivity index (χ0) is 16.1. The third-order valence-corrected chi connectivity index (χ3v) is 4.39. The predicted octanol–water partition coefficient (Wildman–Crippen LogP) is 4.94. The van der Waals surface area contributed by atoms with Crippen LogP contribution < -0.4 is 14.8 Å². The van der Waals surface area contributed by atoms with E-state index < -0.39 is 0 Å². The van der Waals surface area contributed by atoms with Crippen molar-refractivity contribution in [1.82, 2.24) is 0 Å². The van der Waals surface area contributed by atoms with Gasteiger partial charge in [-0.1, -0.05) is 24.3 Å². The predicted molar refractivity (Wildman–Crippen MR) is 94.4 cm³/mol. The Balaban J connectivity index is 1.71. The maximum Gasteiger partial charge on any atom is 0.141 e. The Morgan fingerprint density at radius 2 is 1.83 bits per heavy atom. The third-order valence-electron chi connectivity index (χ3n) is 4.39. The molecule has 1 aliphatic carbocycles. The summed E-state index contributed by atoms with van der Waals surface area (Å²) in [5, 5.41) is 3.48. The Hall–Kier alpha value is -2.16. The third kappa shape index (κ3) is 3.98. The number of benzene rings is 2. The highest BCUT2D eigenvalue weighted by atomic mass is 16.5. The number of rotatable bonds is 6. The summed E-state index contributed by atoms with van der Waals surface area (Å²) in [5.74, 6) is 1.86. The highest BCUT2D eigenvalue weighted by Gasteiger charge is 2.17. The van der Waals surface area contributed by atoms with Gasteiger partial charge in [-0.3, -0.25) is 0 Å². The molecule has 23 heavy (non-hydrogen) atoms. The van der Waals surface area contributed by atoms with Crippen molar-refractivity contribution in [2.45, 2.75) is 45.3 Å². The lowest BCUT2D eigenvalue weighted by molar-refractivity contribution is 0.208. The summed E-state index contributed by atoms with van der Waals surface area (Å²) in [6.07, 6.45) is 5.29. The van der Waals surface area contributed by atoms with E-state index in [-0.39, 0.29) is 0 Å². The highest BCUT2D eigenvalue weighted by molar-refractivity contribution is 5.58. The second-order valence-electron chi connectivity index (χ2n) is 6.19. The molecule has 0 atom stereocenters. The van der Waals surface area contributed by atoms with E-state index in [1.807, 2.05) is 12.1 Å². The van der Waals surface area contributed by atoms with Crippen molar-refractivity contribution in [3.63, 3.8) is 0 Å². The van der Waals surface area contributed by atoms with Crippen molar-refractivity contribution in [2.75, 3.05) is 12.4 Å². The van der Waals surface area contributed by atoms with Crippen LogP contribution in [0.5, 0.6) is 11.5 Å². The molecule has 3 rings (SSSR count). The number of aryl methyl sites for hydroxylation is 1. The maximum absolute atomic E-state index is 6.20. The SMILES string of the molecule is COc1ccc(C)cc1NCc1ccccc1OC1CCCC1. The van der Waals surface area contributed by atoms with Gasteiger partial charge in [0.2, 0.25) is 0 Å². The zero-order valence-corrected chi connectivity index (χ0v) is 14.0. The van der Waals surface area contributed by atoms with Gasteiger partial charge in [0.1, 0.15) is 11.5 Å². The molecule has 3 nitrogen and oxygen atoms in total. The Morgan fingerprint density at radius 1 is 1.04 bits per heavy atom. The van der Waals surface area contributed by atoms with E-state index in [1.165, 1.54) is 36.8 Å². The molecule has 122 valence electrons. The lowest BCUT2D eigenvalue weighted by atomic mass is 10.1. The molecule has 1 aliphatic rings. The minimum absolute atomic E-state index is 0.379. The highest BCUT2D eigenvalue weighted by Crippen LogP contribution is 2.29. The van der Waals surface area contributed by atoms with Gasteiger partial charge in [-0.2, -0.15) is 0 Å². The minimum atomic E-state index is 0.379. The first-order chi connectivity index (χ1) is 11.3. The van der Waals surface area contributed by atoms with Crippen LogP contribution in [0.25, 0.3) is 0 Å². The van der Waals surface area contributed by atoms with Gasteiger partial charge in [0, 0.05) is 12.1 Å². The Kier molecular flexibility index (Phi) is 5.06. The van der Waals surface area contributed by atoms with Crippen LogP contribution in [0.2, 0.25) is 0 Å². The van der Waals surface area contributed by atoms with E-state index in [1.54, 1.807) is 7.11 Å². The lowest BCUT2D eigenvalue weighted by Gasteiger charge is -2.18. The molecule has 0 saturated heterocycles. The summed E-state index contributed by atoms with van der Waals surface area (Å²) < 4.78 is 11.6. The summed E-state index contributed by atoms with van der Waals surface area (Å²) in [5.41, 5.74) is 3.41. The Morgan fingerprint density at radius 3 is 2.61 bits per heavy atom. The van der Waals surface area contributed by atoms with Crippen molar-refractivity contribution < 1.29 is 9.47 Å². The molecule has 2 aromatic rings. The second kappa shape index (κ2) is 7.40. The van der Waals surface area contributed by atoms with Crippen molar-refractivity contribution in [1.29, 1.82) is 0 Å². The summed E-state index contributed by atoms with van der Waals surface area (Å²) in [6.45, 7) is 2.81. The Bertz CT molecular complexity index is 648. The molecule has 3 heteroatoms. The molecule has 0 bridgehead atoms. The molecular weight excluding hydrogens is 286 g/mol. The van der Waals surface area contributed by atoms with Gasteiger partial charge in [0.25, 0.3) is 0 Å². The van der Waals surface area contributed by atoms with Gasteiger partial charge < -0.3 is 14.8 Å². The number of para-hydroxylation sites is 1. The average molecular weight is 311 g/mol. The smallest absolute Gasteiger partial charge is 0.141 e. The summed E-state index contributed by atoms with van der Waals surface area (Å²) >= 11 is 0. The number of methoxy groups -OCH3 is 1. The lowest BCUT2D eigenvalue weighted by Crippen LogP contribution is -2.13. The number of nitrogens with one attached hydrogen (secondary N) is 1. The number of anilines is 1. The quantitative estimate of drug-likeness (QED) is 0.820. The number of hydrogen-bond acceptors (Lipinski definition) is 3. The van der Waals surface area contributed by atoms with Crippen molar-refractivity contribution >= 4 is 5.69 Å². The van der Waals surface area contributed by atoms with Crippen LogP contribution in [0.4, 0.5) is 5.69 Å². The first-order valence-electron chi connectivity index (χ1n) is 8.39. The topological polar surface area (TPSA) is 30.5 Å². The maximum atomic E-state index is 6.20. The molecule has 1 N–H and O–H groups in total. The fourth-order valence-electron chi connectivity index (χ4n) is 3.10. The summed E-state index contributed by atoms with van der Waals surface area (Å²) in [7, 11) is 1.70. The minimum Gasteiger partial charge on any atom is -0.495 e. The largest absolute Gasteiger partial charge is 0.495 e. The fourth-order valence-corrected chi connectivity index (χ4v) is 3.10. The van der Waals surface area contributed by atoms with Crippen LogP contribution in [0.1, 0.15) is 36.8 Å². The molecule has 2 aromatic carbocycles. The normalized spacial score (nSPS) is 14.7. The van der Waals surface area contributed by atoms with E-state index >= 15 is 0 Å². The molecule has 0 aromatic heterocycles. The number of hydrogen-bond donors (Lipinski definition) is 1. The zero-order valence-electron chi connectivity index (χ0n) is 14.0. The van der Waals surface area contributed by atoms with Crippen molar-refractivity contribution in [2.24, 2.45) is 0 Å². The van der Waals surface area contributed by atoms with E-state index in [2.05, 4.69) is 42.6 Å². The van der Waals surface area contributed by atoms with Crippen LogP contribution in [-0.2, 0) is 6.54 Å². The van der Waals surface area contributed by atoms with Crippen LogP contribution in [0.3, 0.4) is 0 Å². The second-order valence-corrected chi connectivity index (χ2v) is 6.19. The first-order valence-corrected chi connectivity index (χ1v) is 8.39. The number of ether oxygens (including phenoxy) is 2. The molecule has 0 amide bonds. The summed E-state index contributed by atoms with van der Waals surface area (Å²) in [4.78, 5) is 0. The van der Waals surface area contributed by atoms with Gasteiger partial charge >= 0.3 is 0 Å². The van der Waals surface area contributed by atoms with Gasteiger partial charge in [-0.25, -0.2) is 0 Å². The van der Waals surface area contributed by atoms with E-state index in [9.17, 15) is 0 Å². The Labute approximate surface area is 138 Å². The van der Waals surface area contributed by atoms with Crippen molar-refractivity contribution in [3.05, 3.63) is 53.6 Å². The molecule has 0 unspecified atom stereocenters. The first kappa shape index (κ1) is 15.7. The molecule has 0 spiro atoms. The van der Waals surface area contributed by atoms with Gasteiger partial charge in [-0.05, 0) is 56.4 Å². The van der Waals surface area contributed by atoms with Crippen LogP contribution in [0.15, 0.2) is 42.5 Å². The molecular formula is C20H25NO2. The molecule has 1 fully saturated rings. The van der Waals surface area contributed by atoms with Crippen LogP contribution in [-0.4, -0.2) is 13.2 Å². The van der Waals surface area contributed by atoms with E-state index in [0.717, 1.165) is 23.7 Å². The molecule has 0 heterocycles. The van der Waals surface area contributed by atoms with Gasteiger partial charge in [0.15, 0.2) is 0 Å². The average Bonchev–Trinajstić information content (AvgIpc) is 3.07. The van der Waals surface area contributed by atoms with Gasteiger partial charge in [0.05, 0.1) is 18.9 Å². The standard InChI is InChI=1S/C20H25NO2/c1-15-11-12-20(22-2)18(13-15)21-14-16-7-3-6-10-19(16)23-17-8-4-5-9-17/h3,6-7,10-13,17,21H,4-5,8-9,14H2,1-2H3. The van der Waals surface area contributed by atoms with E-state index in [4.69, 9.17) is 9.47 Å². The summed E-state index contributed by atoms with van der Waals surface area (Å²) in [6, 6.07) is 14.5. The monoisotopic (exact) mass is 311 g/mol. The van der Waals surface area contributed by atoms with Gasteiger partial charge in [-0.15, -0.1) is 0 Å². The molecule has 0 radical (unpaired) electrons. The molecule has 1 saturated carbocycles. The van der Waals surface area contributed by atoms with Crippen molar-refractivity contribution in [3.8, 4) is 11.5 Å². The molecule has 0 aliphatic heterocycles. The van der Waals surface area contributed by atoms with Crippen LogP contribution >= 0.6 is 0 Å². The fraction of sp³-hybridized carbons (Fsp3) is 0.400.